The maximum Gasteiger partial charge on any atom is 0.272 e. The van der Waals surface area contributed by atoms with Gasteiger partial charge in [-0.3, -0.25) is 9.52 Å². The summed E-state index contributed by atoms with van der Waals surface area (Å²) in [6.07, 6.45) is 1.02. The summed E-state index contributed by atoms with van der Waals surface area (Å²) >= 11 is 1.20. The van der Waals surface area contributed by atoms with Crippen molar-refractivity contribution in [3.8, 4) is 0 Å². The van der Waals surface area contributed by atoms with Gasteiger partial charge in [-0.2, -0.15) is 5.10 Å². The third kappa shape index (κ3) is 4.38. The van der Waals surface area contributed by atoms with Crippen LogP contribution < -0.4 is 15.6 Å². The number of hydrogen-bond acceptors (Lipinski definition) is 6. The van der Waals surface area contributed by atoms with Gasteiger partial charge in [0.2, 0.25) is 0 Å². The van der Waals surface area contributed by atoms with E-state index in [0.717, 1.165) is 17.8 Å². The number of anilines is 1. The minimum atomic E-state index is -3.68. The predicted molar refractivity (Wildman–Crippen MR) is 82.0 cm³/mol. The van der Waals surface area contributed by atoms with Crippen LogP contribution in [0.1, 0.15) is 18.2 Å². The van der Waals surface area contributed by atoms with Gasteiger partial charge in [0.1, 0.15) is 4.21 Å². The quantitative estimate of drug-likeness (QED) is 0.661. The molecule has 2 rings (SSSR count). The van der Waals surface area contributed by atoms with Gasteiger partial charge in [0.25, 0.3) is 15.6 Å². The molecule has 0 atom stereocenters. The Kier molecular flexibility index (Phi) is 5.10. The molecule has 3 N–H and O–H groups in total. The number of rotatable bonds is 7. The van der Waals surface area contributed by atoms with Crippen LogP contribution in [-0.2, 0) is 16.6 Å². The number of aromatic amines is 1. The molecular formula is C12H16N4O3S2. The lowest BCUT2D eigenvalue weighted by Gasteiger charge is -2.04. The van der Waals surface area contributed by atoms with Gasteiger partial charge in [0.05, 0.1) is 0 Å². The smallest absolute Gasteiger partial charge is 0.272 e. The van der Waals surface area contributed by atoms with E-state index in [-0.39, 0.29) is 10.0 Å². The molecule has 0 aliphatic rings. The number of thiophene rings is 1. The van der Waals surface area contributed by atoms with Crippen LogP contribution in [0.5, 0.6) is 0 Å². The van der Waals surface area contributed by atoms with E-state index in [4.69, 9.17) is 0 Å². The van der Waals surface area contributed by atoms with Crippen LogP contribution in [0.15, 0.2) is 33.3 Å². The summed E-state index contributed by atoms with van der Waals surface area (Å²) in [6.45, 7) is 3.60. The zero-order valence-corrected chi connectivity index (χ0v) is 13.1. The Morgan fingerprint density at radius 1 is 1.29 bits per heavy atom. The van der Waals surface area contributed by atoms with Gasteiger partial charge in [0.15, 0.2) is 5.82 Å². The first kappa shape index (κ1) is 15.7. The minimum Gasteiger partial charge on any atom is -0.312 e. The number of hydrogen-bond donors (Lipinski definition) is 3. The summed E-state index contributed by atoms with van der Waals surface area (Å²) in [6, 6.07) is 5.86. The fourth-order valence-corrected chi connectivity index (χ4v) is 3.90. The topological polar surface area (TPSA) is 104 Å². The Morgan fingerprint density at radius 3 is 2.76 bits per heavy atom. The van der Waals surface area contributed by atoms with Crippen molar-refractivity contribution in [2.45, 2.75) is 24.1 Å². The highest BCUT2D eigenvalue weighted by molar-refractivity contribution is 7.94. The van der Waals surface area contributed by atoms with Crippen molar-refractivity contribution in [3.63, 3.8) is 0 Å². The van der Waals surface area contributed by atoms with E-state index in [0.29, 0.717) is 6.54 Å². The van der Waals surface area contributed by atoms with E-state index in [9.17, 15) is 13.2 Å². The van der Waals surface area contributed by atoms with Crippen molar-refractivity contribution in [2.75, 3.05) is 11.3 Å². The van der Waals surface area contributed by atoms with Crippen LogP contribution in [0.3, 0.4) is 0 Å². The largest absolute Gasteiger partial charge is 0.312 e. The second-order valence-corrected chi connectivity index (χ2v) is 7.39. The van der Waals surface area contributed by atoms with Gasteiger partial charge in [0, 0.05) is 17.5 Å². The molecule has 2 aromatic heterocycles. The first-order valence-corrected chi connectivity index (χ1v) is 8.69. The lowest BCUT2D eigenvalue weighted by atomic mass is 10.4. The molecule has 0 aliphatic heterocycles. The summed E-state index contributed by atoms with van der Waals surface area (Å²) in [5, 5.41) is 9.01. The Balaban J connectivity index is 2.08. The number of nitrogens with one attached hydrogen (secondary N) is 3. The lowest BCUT2D eigenvalue weighted by molar-refractivity contribution is 0.603. The molecule has 0 saturated carbocycles. The maximum atomic E-state index is 12.2. The summed E-state index contributed by atoms with van der Waals surface area (Å²) < 4.78 is 26.9. The number of nitrogens with zero attached hydrogens (tertiary/aromatic N) is 1. The third-order valence-electron chi connectivity index (χ3n) is 2.55. The molecule has 0 spiro atoms. The molecule has 2 aromatic rings. The third-order valence-corrected chi connectivity index (χ3v) is 5.48. The van der Waals surface area contributed by atoms with E-state index in [1.165, 1.54) is 23.5 Å². The number of sulfonamides is 1. The Labute approximate surface area is 126 Å². The fraction of sp³-hybridized carbons (Fsp3) is 0.333. The summed E-state index contributed by atoms with van der Waals surface area (Å²) in [4.78, 5) is 11.8. The lowest BCUT2D eigenvalue weighted by Crippen LogP contribution is -2.15. The van der Waals surface area contributed by atoms with Crippen LogP contribution in [0, 0.1) is 0 Å². The molecule has 0 saturated heterocycles. The highest BCUT2D eigenvalue weighted by Crippen LogP contribution is 2.23. The second kappa shape index (κ2) is 6.83. The van der Waals surface area contributed by atoms with Gasteiger partial charge in [-0.15, -0.1) is 11.3 Å². The van der Waals surface area contributed by atoms with Crippen LogP contribution in [0.4, 0.5) is 5.82 Å². The SMILES string of the molecule is CCCNCc1ccc(S(=O)(=O)Nc2ccc(=O)[nH]n2)s1. The molecule has 7 nitrogen and oxygen atoms in total. The van der Waals surface area contributed by atoms with Crippen molar-refractivity contribution in [1.82, 2.24) is 15.5 Å². The molecule has 114 valence electrons. The van der Waals surface area contributed by atoms with E-state index in [2.05, 4.69) is 27.2 Å². The fourth-order valence-electron chi connectivity index (χ4n) is 1.58. The first-order valence-electron chi connectivity index (χ1n) is 6.39. The first-order chi connectivity index (χ1) is 10.0. The van der Waals surface area contributed by atoms with E-state index in [1.54, 1.807) is 12.1 Å². The minimum absolute atomic E-state index is 0.0775. The normalized spacial score (nSPS) is 11.5. The van der Waals surface area contributed by atoms with Crippen LogP contribution in [0.25, 0.3) is 0 Å². The summed E-state index contributed by atoms with van der Waals surface area (Å²) in [7, 11) is -3.68. The molecule has 0 aliphatic carbocycles. The molecule has 0 radical (unpaired) electrons. The van der Waals surface area contributed by atoms with Gasteiger partial charge in [-0.05, 0) is 31.2 Å². The number of H-pyrrole nitrogens is 1. The average molecular weight is 328 g/mol. The molecule has 0 unspecified atom stereocenters. The summed E-state index contributed by atoms with van der Waals surface area (Å²) in [5.41, 5.74) is -0.390. The standard InChI is InChI=1S/C12H16N4O3S2/c1-2-7-13-8-9-3-6-12(20-9)21(18,19)16-10-4-5-11(17)15-14-10/h3-6,13H,2,7-8H2,1H3,(H,14,16)(H,15,17). The van der Waals surface area contributed by atoms with Crippen molar-refractivity contribution in [3.05, 3.63) is 39.5 Å². The maximum absolute atomic E-state index is 12.2. The van der Waals surface area contributed by atoms with Crippen molar-refractivity contribution >= 4 is 27.2 Å². The number of aromatic nitrogens is 2. The van der Waals surface area contributed by atoms with Crippen LogP contribution >= 0.6 is 11.3 Å². The van der Waals surface area contributed by atoms with Crippen molar-refractivity contribution in [1.29, 1.82) is 0 Å². The molecule has 2 heterocycles. The molecular weight excluding hydrogens is 312 g/mol. The molecule has 0 fully saturated rings. The Bertz CT molecular complexity index is 731. The molecule has 0 amide bonds. The van der Waals surface area contributed by atoms with Crippen molar-refractivity contribution < 1.29 is 8.42 Å². The average Bonchev–Trinajstić information content (AvgIpc) is 2.91. The predicted octanol–water partition coefficient (Wildman–Crippen LogP) is 1.13. The Hall–Kier alpha value is -1.71. The second-order valence-electron chi connectivity index (χ2n) is 4.31. The zero-order chi connectivity index (χ0) is 15.3. The Morgan fingerprint density at radius 2 is 2.10 bits per heavy atom. The highest BCUT2D eigenvalue weighted by atomic mass is 32.2. The van der Waals surface area contributed by atoms with Crippen LogP contribution in [-0.4, -0.2) is 25.2 Å². The molecule has 9 heteroatoms. The van der Waals surface area contributed by atoms with Gasteiger partial charge < -0.3 is 5.32 Å². The summed E-state index contributed by atoms with van der Waals surface area (Å²) in [5.74, 6) is 0.0775. The van der Waals surface area contributed by atoms with Crippen molar-refractivity contribution in [2.24, 2.45) is 0 Å². The van der Waals surface area contributed by atoms with Gasteiger partial charge >= 0.3 is 0 Å². The monoisotopic (exact) mass is 328 g/mol. The van der Waals surface area contributed by atoms with Crippen LogP contribution in [0.2, 0.25) is 0 Å². The van der Waals surface area contributed by atoms with E-state index >= 15 is 0 Å². The molecule has 21 heavy (non-hydrogen) atoms. The van der Waals surface area contributed by atoms with E-state index < -0.39 is 15.6 Å². The van der Waals surface area contributed by atoms with E-state index in [1.807, 2.05) is 0 Å². The zero-order valence-electron chi connectivity index (χ0n) is 11.4. The van der Waals surface area contributed by atoms with Gasteiger partial charge in [-0.1, -0.05) is 6.92 Å². The highest BCUT2D eigenvalue weighted by Gasteiger charge is 2.17. The van der Waals surface area contributed by atoms with Gasteiger partial charge in [-0.25, -0.2) is 13.5 Å². The molecule has 0 bridgehead atoms. The molecule has 0 aromatic carbocycles.